The minimum atomic E-state index is -0.217. The Morgan fingerprint density at radius 3 is 2.33 bits per heavy atom. The molecule has 18 heavy (non-hydrogen) atoms. The molecular weight excluding hydrogens is 248 g/mol. The fraction of sp³-hybridized carbons (Fsp3) is 0.923. The maximum atomic E-state index is 5.45. The second-order valence-electron chi connectivity index (χ2n) is 4.53. The summed E-state index contributed by atoms with van der Waals surface area (Å²) >= 11 is 5.29. The number of rotatable bonds is 7. The van der Waals surface area contributed by atoms with Crippen LogP contribution >= 0.6 is 12.2 Å². The molecule has 1 fully saturated rings. The molecule has 0 unspecified atom stereocenters. The third kappa shape index (κ3) is 6.52. The van der Waals surface area contributed by atoms with Crippen molar-refractivity contribution in [1.82, 2.24) is 10.6 Å². The van der Waals surface area contributed by atoms with Crippen LogP contribution in [0, 0.1) is 0 Å². The molecule has 0 aromatic carbocycles. The fourth-order valence-electron chi connectivity index (χ4n) is 2.20. The Morgan fingerprint density at radius 1 is 1.17 bits per heavy atom. The summed E-state index contributed by atoms with van der Waals surface area (Å²) in [7, 11) is 0. The molecule has 0 atom stereocenters. The summed E-state index contributed by atoms with van der Waals surface area (Å²) in [5.74, 6) is 0. The van der Waals surface area contributed by atoms with Gasteiger partial charge in [0.05, 0.1) is 6.54 Å². The standard InChI is InChI=1S/C13H26N2O2S/c1-3-16-12(17-4-2)10-14-13(18)15-11-8-6-5-7-9-11/h11-12H,3-10H2,1-2H3,(H2,14,15,18). The van der Waals surface area contributed by atoms with Gasteiger partial charge in [0.2, 0.25) is 0 Å². The third-order valence-corrected chi connectivity index (χ3v) is 3.34. The van der Waals surface area contributed by atoms with Crippen LogP contribution in [0.5, 0.6) is 0 Å². The lowest BCUT2D eigenvalue weighted by atomic mass is 9.96. The Labute approximate surface area is 116 Å². The molecule has 2 N–H and O–H groups in total. The Morgan fingerprint density at radius 2 is 1.78 bits per heavy atom. The lowest BCUT2D eigenvalue weighted by Gasteiger charge is -2.25. The Kier molecular flexibility index (Phi) is 8.29. The molecule has 0 bridgehead atoms. The van der Waals surface area contributed by atoms with Gasteiger partial charge in [0, 0.05) is 19.3 Å². The molecule has 0 saturated heterocycles. The summed E-state index contributed by atoms with van der Waals surface area (Å²) in [6, 6.07) is 0.538. The number of nitrogens with one attached hydrogen (secondary N) is 2. The van der Waals surface area contributed by atoms with E-state index in [1.165, 1.54) is 32.1 Å². The lowest BCUT2D eigenvalue weighted by molar-refractivity contribution is -0.131. The zero-order valence-corrected chi connectivity index (χ0v) is 12.4. The van der Waals surface area contributed by atoms with E-state index in [0.717, 1.165) is 0 Å². The van der Waals surface area contributed by atoms with E-state index in [2.05, 4.69) is 10.6 Å². The molecule has 5 heteroatoms. The predicted molar refractivity (Wildman–Crippen MR) is 77.6 cm³/mol. The smallest absolute Gasteiger partial charge is 0.174 e. The molecule has 4 nitrogen and oxygen atoms in total. The molecular formula is C13H26N2O2S. The zero-order valence-electron chi connectivity index (χ0n) is 11.5. The van der Waals surface area contributed by atoms with Crippen LogP contribution in [0.1, 0.15) is 46.0 Å². The average molecular weight is 274 g/mol. The molecule has 1 rings (SSSR count). The SMILES string of the molecule is CCOC(CNC(=S)NC1CCCCC1)OCC. The third-order valence-electron chi connectivity index (χ3n) is 3.07. The van der Waals surface area contributed by atoms with Crippen molar-refractivity contribution < 1.29 is 9.47 Å². The molecule has 0 radical (unpaired) electrons. The minimum Gasteiger partial charge on any atom is -0.360 e. The molecule has 0 spiro atoms. The van der Waals surface area contributed by atoms with Crippen LogP contribution in [0.2, 0.25) is 0 Å². The van der Waals surface area contributed by atoms with E-state index in [1.54, 1.807) is 0 Å². The van der Waals surface area contributed by atoms with Gasteiger partial charge in [0.15, 0.2) is 11.4 Å². The lowest BCUT2D eigenvalue weighted by Crippen LogP contribution is -2.45. The van der Waals surface area contributed by atoms with Crippen LogP contribution in [0.15, 0.2) is 0 Å². The van der Waals surface area contributed by atoms with Gasteiger partial charge < -0.3 is 20.1 Å². The number of hydrogen-bond acceptors (Lipinski definition) is 3. The summed E-state index contributed by atoms with van der Waals surface area (Å²) < 4.78 is 10.9. The van der Waals surface area contributed by atoms with E-state index in [-0.39, 0.29) is 6.29 Å². The molecule has 0 aromatic rings. The van der Waals surface area contributed by atoms with Crippen LogP contribution in [0.3, 0.4) is 0 Å². The summed E-state index contributed by atoms with van der Waals surface area (Å²) in [6.45, 7) is 5.82. The highest BCUT2D eigenvalue weighted by atomic mass is 32.1. The van der Waals surface area contributed by atoms with Gasteiger partial charge >= 0.3 is 0 Å². The van der Waals surface area contributed by atoms with Gasteiger partial charge in [-0.25, -0.2) is 0 Å². The second kappa shape index (κ2) is 9.53. The first-order chi connectivity index (χ1) is 8.76. The highest BCUT2D eigenvalue weighted by Crippen LogP contribution is 2.17. The topological polar surface area (TPSA) is 42.5 Å². The van der Waals surface area contributed by atoms with Crippen LogP contribution < -0.4 is 10.6 Å². The van der Waals surface area contributed by atoms with Crippen LogP contribution in [0.25, 0.3) is 0 Å². The van der Waals surface area contributed by atoms with Crippen molar-refractivity contribution in [1.29, 1.82) is 0 Å². The van der Waals surface area contributed by atoms with Crippen molar-refractivity contribution in [3.63, 3.8) is 0 Å². The molecule has 0 heterocycles. The highest BCUT2D eigenvalue weighted by Gasteiger charge is 2.14. The van der Waals surface area contributed by atoms with Gasteiger partial charge in [-0.05, 0) is 38.9 Å². The summed E-state index contributed by atoms with van der Waals surface area (Å²) in [5, 5.41) is 7.25. The quantitative estimate of drug-likeness (QED) is 0.550. The second-order valence-corrected chi connectivity index (χ2v) is 4.94. The van der Waals surface area contributed by atoms with E-state index in [0.29, 0.717) is 30.9 Å². The number of hydrogen-bond donors (Lipinski definition) is 2. The van der Waals surface area contributed by atoms with Crippen LogP contribution in [0.4, 0.5) is 0 Å². The number of thiocarbonyl (C=S) groups is 1. The first-order valence-corrected chi connectivity index (χ1v) is 7.44. The Bertz CT molecular complexity index is 227. The monoisotopic (exact) mass is 274 g/mol. The maximum Gasteiger partial charge on any atom is 0.174 e. The molecule has 0 amide bonds. The van der Waals surface area contributed by atoms with E-state index >= 15 is 0 Å². The van der Waals surface area contributed by atoms with Crippen LogP contribution in [-0.2, 0) is 9.47 Å². The number of ether oxygens (including phenoxy) is 2. The maximum absolute atomic E-state index is 5.45. The van der Waals surface area contributed by atoms with Crippen LogP contribution in [-0.4, -0.2) is 37.2 Å². The van der Waals surface area contributed by atoms with Crippen molar-refractivity contribution in [2.75, 3.05) is 19.8 Å². The molecule has 1 saturated carbocycles. The normalized spacial score (nSPS) is 16.8. The van der Waals surface area contributed by atoms with Gasteiger partial charge in [-0.15, -0.1) is 0 Å². The van der Waals surface area contributed by atoms with Gasteiger partial charge in [0.1, 0.15) is 0 Å². The van der Waals surface area contributed by atoms with E-state index in [1.807, 2.05) is 13.8 Å². The van der Waals surface area contributed by atoms with Crippen molar-refractivity contribution in [3.05, 3.63) is 0 Å². The van der Waals surface area contributed by atoms with Gasteiger partial charge in [-0.2, -0.15) is 0 Å². The van der Waals surface area contributed by atoms with E-state index in [9.17, 15) is 0 Å². The minimum absolute atomic E-state index is 0.217. The molecule has 1 aliphatic rings. The summed E-state index contributed by atoms with van der Waals surface area (Å²) in [4.78, 5) is 0. The first-order valence-electron chi connectivity index (χ1n) is 7.03. The summed E-state index contributed by atoms with van der Waals surface area (Å²) in [6.07, 6.45) is 6.20. The Balaban J connectivity index is 2.17. The van der Waals surface area contributed by atoms with Gasteiger partial charge in [0.25, 0.3) is 0 Å². The van der Waals surface area contributed by atoms with Crippen molar-refractivity contribution >= 4 is 17.3 Å². The van der Waals surface area contributed by atoms with Gasteiger partial charge in [-0.3, -0.25) is 0 Å². The van der Waals surface area contributed by atoms with Gasteiger partial charge in [-0.1, -0.05) is 19.3 Å². The molecule has 0 aromatic heterocycles. The van der Waals surface area contributed by atoms with Crippen molar-refractivity contribution in [3.8, 4) is 0 Å². The summed E-state index contributed by atoms with van der Waals surface area (Å²) in [5.41, 5.74) is 0. The zero-order chi connectivity index (χ0) is 13.2. The van der Waals surface area contributed by atoms with E-state index < -0.39 is 0 Å². The molecule has 0 aliphatic heterocycles. The van der Waals surface area contributed by atoms with Crippen molar-refractivity contribution in [2.24, 2.45) is 0 Å². The molecule has 106 valence electrons. The Hall–Kier alpha value is -0.390. The van der Waals surface area contributed by atoms with E-state index in [4.69, 9.17) is 21.7 Å². The highest BCUT2D eigenvalue weighted by molar-refractivity contribution is 7.80. The fourth-order valence-corrected chi connectivity index (χ4v) is 2.45. The first kappa shape index (κ1) is 15.7. The molecule has 1 aliphatic carbocycles. The predicted octanol–water partition coefficient (Wildman–Crippen LogP) is 2.18. The van der Waals surface area contributed by atoms with Crippen molar-refractivity contribution in [2.45, 2.75) is 58.3 Å². The largest absolute Gasteiger partial charge is 0.360 e. The average Bonchev–Trinajstić information content (AvgIpc) is 2.38.